The molecule has 0 heterocycles. The van der Waals surface area contributed by atoms with Crippen LogP contribution in [0.1, 0.15) is 46.2 Å². The second-order valence-electron chi connectivity index (χ2n) is 10.3. The molecule has 1 saturated carbocycles. The summed E-state index contributed by atoms with van der Waals surface area (Å²) < 4.78 is 0. The summed E-state index contributed by atoms with van der Waals surface area (Å²) in [7, 11) is 3.19. The minimum Gasteiger partial charge on any atom is -0.480 e. The summed E-state index contributed by atoms with van der Waals surface area (Å²) in [5, 5.41) is 18.9. The number of rotatable bonds is 10. The Morgan fingerprint density at radius 1 is 0.919 bits per heavy atom. The van der Waals surface area contributed by atoms with Crippen molar-refractivity contribution >= 4 is 29.2 Å². The van der Waals surface area contributed by atoms with Crippen LogP contribution in [-0.2, 0) is 20.8 Å². The molecule has 8 heteroatoms. The molecule has 4 N–H and O–H groups in total. The Morgan fingerprint density at radius 2 is 1.43 bits per heavy atom. The predicted molar refractivity (Wildman–Crippen MR) is 147 cm³/mol. The molecule has 37 heavy (non-hydrogen) atoms. The van der Waals surface area contributed by atoms with Crippen LogP contribution in [0.25, 0.3) is 0 Å². The number of amides is 2. The van der Waals surface area contributed by atoms with Crippen molar-refractivity contribution in [3.63, 3.8) is 0 Å². The lowest BCUT2D eigenvalue weighted by Crippen LogP contribution is -2.49. The molecule has 2 amide bonds. The van der Waals surface area contributed by atoms with Gasteiger partial charge in [-0.2, -0.15) is 0 Å². The highest BCUT2D eigenvalue weighted by atomic mass is 16.4. The zero-order valence-corrected chi connectivity index (χ0v) is 22.8. The molecule has 1 fully saturated rings. The fourth-order valence-electron chi connectivity index (χ4n) is 4.59. The van der Waals surface area contributed by atoms with E-state index >= 15 is 0 Å². The van der Waals surface area contributed by atoms with Crippen LogP contribution in [0, 0.1) is 40.0 Å². The average Bonchev–Trinajstić information content (AvgIpc) is 3.66. The van der Waals surface area contributed by atoms with E-state index in [1.54, 1.807) is 14.1 Å². The molecule has 0 saturated heterocycles. The SMILES string of the molecule is C=C(Nc1ccc(CC(NC(=O)C2(C(=O)N(C)C)CC2)C(=O)O)cc1)Nc1c(C)c(C)c(C)c(C)c1C. The summed E-state index contributed by atoms with van der Waals surface area (Å²) in [6.45, 7) is 14.7. The first-order chi connectivity index (χ1) is 17.3. The van der Waals surface area contributed by atoms with Gasteiger partial charge in [0.25, 0.3) is 0 Å². The van der Waals surface area contributed by atoms with Gasteiger partial charge in [0.2, 0.25) is 11.8 Å². The maximum Gasteiger partial charge on any atom is 0.326 e. The third-order valence-electron chi connectivity index (χ3n) is 7.57. The van der Waals surface area contributed by atoms with Crippen LogP contribution >= 0.6 is 0 Å². The minimum absolute atomic E-state index is 0.104. The largest absolute Gasteiger partial charge is 0.480 e. The Balaban J connectivity index is 1.65. The first-order valence-corrected chi connectivity index (χ1v) is 12.4. The molecule has 0 bridgehead atoms. The van der Waals surface area contributed by atoms with E-state index in [1.165, 1.54) is 32.7 Å². The molecule has 1 aliphatic carbocycles. The molecule has 0 radical (unpaired) electrons. The molecular weight excluding hydrogens is 468 g/mol. The first-order valence-electron chi connectivity index (χ1n) is 12.4. The van der Waals surface area contributed by atoms with Gasteiger partial charge in [-0.15, -0.1) is 0 Å². The van der Waals surface area contributed by atoms with E-state index in [9.17, 15) is 19.5 Å². The molecule has 1 atom stereocenters. The standard InChI is InChI=1S/C29H38N4O4/c1-16-17(2)19(4)25(20(5)18(16)3)31-21(6)30-23-11-9-22(10-12-23)15-24(26(34)35)32-27(36)29(13-14-29)28(37)33(7)8/h9-12,24,30-31H,6,13-15H2,1-5,7-8H3,(H,32,36)(H,34,35). The summed E-state index contributed by atoms with van der Waals surface area (Å²) in [5.74, 6) is -1.33. The van der Waals surface area contributed by atoms with E-state index in [0.29, 0.717) is 18.7 Å². The fourth-order valence-corrected chi connectivity index (χ4v) is 4.59. The maximum atomic E-state index is 12.8. The van der Waals surface area contributed by atoms with Crippen LogP contribution in [0.3, 0.4) is 0 Å². The number of nitrogens with zero attached hydrogens (tertiary/aromatic N) is 1. The molecule has 198 valence electrons. The zero-order chi connectivity index (χ0) is 27.7. The van der Waals surface area contributed by atoms with Crippen molar-refractivity contribution in [2.75, 3.05) is 24.7 Å². The van der Waals surface area contributed by atoms with Crippen LogP contribution in [-0.4, -0.2) is 47.9 Å². The Bertz CT molecular complexity index is 1210. The number of carbonyl (C=O) groups is 3. The van der Waals surface area contributed by atoms with E-state index in [0.717, 1.165) is 16.9 Å². The summed E-state index contributed by atoms with van der Waals surface area (Å²) in [6, 6.07) is 6.17. The highest BCUT2D eigenvalue weighted by Gasteiger charge is 2.57. The molecule has 3 rings (SSSR count). The number of carbonyl (C=O) groups excluding carboxylic acids is 2. The zero-order valence-electron chi connectivity index (χ0n) is 22.8. The summed E-state index contributed by atoms with van der Waals surface area (Å²) in [6.07, 6.45) is 0.968. The number of hydrogen-bond acceptors (Lipinski definition) is 5. The van der Waals surface area contributed by atoms with Gasteiger partial charge in [-0.05, 0) is 93.0 Å². The van der Waals surface area contributed by atoms with Gasteiger partial charge in [-0.1, -0.05) is 18.7 Å². The molecule has 1 unspecified atom stereocenters. The number of hydrogen-bond donors (Lipinski definition) is 4. The number of anilines is 2. The van der Waals surface area contributed by atoms with Crippen LogP contribution < -0.4 is 16.0 Å². The van der Waals surface area contributed by atoms with Gasteiger partial charge in [0.05, 0.1) is 0 Å². The molecule has 2 aromatic rings. The quantitative estimate of drug-likeness (QED) is 0.360. The molecule has 0 spiro atoms. The highest BCUT2D eigenvalue weighted by molar-refractivity contribution is 6.08. The average molecular weight is 507 g/mol. The monoisotopic (exact) mass is 506 g/mol. The number of benzene rings is 2. The maximum absolute atomic E-state index is 12.8. The van der Waals surface area contributed by atoms with Crippen LogP contribution in [0.4, 0.5) is 11.4 Å². The van der Waals surface area contributed by atoms with Crippen molar-refractivity contribution in [2.24, 2.45) is 5.41 Å². The lowest BCUT2D eigenvalue weighted by molar-refractivity contribution is -0.147. The fraction of sp³-hybridized carbons (Fsp3) is 0.414. The topological polar surface area (TPSA) is 111 Å². The number of aliphatic carboxylic acids is 1. The van der Waals surface area contributed by atoms with E-state index < -0.39 is 23.3 Å². The van der Waals surface area contributed by atoms with Crippen molar-refractivity contribution in [3.8, 4) is 0 Å². The second-order valence-corrected chi connectivity index (χ2v) is 10.3. The third-order valence-corrected chi connectivity index (χ3v) is 7.57. The van der Waals surface area contributed by atoms with E-state index in [1.807, 2.05) is 24.3 Å². The summed E-state index contributed by atoms with van der Waals surface area (Å²) in [5.41, 5.74) is 7.60. The highest BCUT2D eigenvalue weighted by Crippen LogP contribution is 2.47. The molecule has 8 nitrogen and oxygen atoms in total. The van der Waals surface area contributed by atoms with Crippen LogP contribution in [0.5, 0.6) is 0 Å². The minimum atomic E-state index is -1.14. The molecule has 1 aliphatic rings. The molecular formula is C29H38N4O4. The lowest BCUT2D eigenvalue weighted by Gasteiger charge is -2.22. The number of carboxylic acid groups (broad SMARTS) is 1. The van der Waals surface area contributed by atoms with Gasteiger partial charge < -0.3 is 26.0 Å². The normalized spacial score (nSPS) is 14.4. The van der Waals surface area contributed by atoms with Crippen molar-refractivity contribution in [1.29, 1.82) is 0 Å². The Kier molecular flexibility index (Phi) is 8.00. The van der Waals surface area contributed by atoms with Gasteiger partial charge in [0.1, 0.15) is 17.3 Å². The van der Waals surface area contributed by atoms with Gasteiger partial charge in [-0.3, -0.25) is 9.59 Å². The van der Waals surface area contributed by atoms with Crippen LogP contribution in [0.15, 0.2) is 36.7 Å². The third kappa shape index (κ3) is 5.79. The molecule has 0 aromatic heterocycles. The van der Waals surface area contributed by atoms with Gasteiger partial charge in [0.15, 0.2) is 0 Å². The van der Waals surface area contributed by atoms with Crippen molar-refractivity contribution in [2.45, 2.75) is 59.9 Å². The van der Waals surface area contributed by atoms with Crippen molar-refractivity contribution in [3.05, 3.63) is 70.0 Å². The number of carboxylic acids is 1. The second kappa shape index (κ2) is 10.7. The smallest absolute Gasteiger partial charge is 0.326 e. The summed E-state index contributed by atoms with van der Waals surface area (Å²) >= 11 is 0. The Morgan fingerprint density at radius 3 is 1.89 bits per heavy atom. The van der Waals surface area contributed by atoms with E-state index in [-0.39, 0.29) is 12.3 Å². The summed E-state index contributed by atoms with van der Waals surface area (Å²) in [4.78, 5) is 38.4. The van der Waals surface area contributed by atoms with Gasteiger partial charge in [-0.25, -0.2) is 4.79 Å². The van der Waals surface area contributed by atoms with Crippen LogP contribution in [0.2, 0.25) is 0 Å². The van der Waals surface area contributed by atoms with E-state index in [4.69, 9.17) is 0 Å². The molecule has 2 aromatic carbocycles. The first kappa shape index (κ1) is 27.8. The molecule has 0 aliphatic heterocycles. The van der Waals surface area contributed by atoms with Crippen molar-refractivity contribution < 1.29 is 19.5 Å². The van der Waals surface area contributed by atoms with E-state index in [2.05, 4.69) is 57.1 Å². The predicted octanol–water partition coefficient (Wildman–Crippen LogP) is 4.20. The Hall–Kier alpha value is -3.81. The van der Waals surface area contributed by atoms with Crippen molar-refractivity contribution in [1.82, 2.24) is 10.2 Å². The van der Waals surface area contributed by atoms with Gasteiger partial charge >= 0.3 is 5.97 Å². The van der Waals surface area contributed by atoms with Gasteiger partial charge in [0, 0.05) is 31.9 Å². The number of nitrogens with one attached hydrogen (secondary N) is 3. The lowest BCUT2D eigenvalue weighted by atomic mass is 9.93. The Labute approximate surface area is 219 Å².